The second-order valence-corrected chi connectivity index (χ2v) is 4.15. The van der Waals surface area contributed by atoms with E-state index in [0.29, 0.717) is 18.7 Å². The molecule has 0 saturated heterocycles. The minimum atomic E-state index is -4.38. The van der Waals surface area contributed by atoms with Gasteiger partial charge < -0.3 is 5.73 Å². The van der Waals surface area contributed by atoms with Crippen LogP contribution in [0.1, 0.15) is 31.0 Å². The average Bonchev–Trinajstić information content (AvgIpc) is 2.34. The number of primary amides is 1. The Morgan fingerprint density at radius 1 is 1.21 bits per heavy atom. The summed E-state index contributed by atoms with van der Waals surface area (Å²) in [7, 11) is 0. The number of rotatable bonds is 5. The Bertz CT molecular complexity index is 425. The van der Waals surface area contributed by atoms with Gasteiger partial charge in [-0.15, -0.1) is 0 Å². The molecule has 19 heavy (non-hydrogen) atoms. The van der Waals surface area contributed by atoms with Gasteiger partial charge in [0.25, 0.3) is 0 Å². The molecule has 1 unspecified atom stereocenters. The maximum atomic E-state index is 12.5. The number of hydrogen-bond donors (Lipinski definition) is 1. The van der Waals surface area contributed by atoms with Crippen LogP contribution in [0.5, 0.6) is 0 Å². The minimum Gasteiger partial charge on any atom is -0.368 e. The molecule has 0 spiro atoms. The number of likely N-dealkylation sites (N-methyl/N-ethyl adjacent to an activating group) is 1. The molecule has 6 heteroatoms. The van der Waals surface area contributed by atoms with Crippen LogP contribution in [-0.2, 0) is 11.0 Å². The van der Waals surface area contributed by atoms with E-state index in [1.54, 1.807) is 4.90 Å². The molecule has 1 aromatic carbocycles. The third kappa shape index (κ3) is 3.70. The van der Waals surface area contributed by atoms with Gasteiger partial charge in [0.2, 0.25) is 5.91 Å². The highest BCUT2D eigenvalue weighted by Crippen LogP contribution is 2.30. The number of halogens is 3. The van der Waals surface area contributed by atoms with Gasteiger partial charge in [-0.25, -0.2) is 0 Å². The minimum absolute atomic E-state index is 0.476. The Morgan fingerprint density at radius 3 is 2.00 bits per heavy atom. The van der Waals surface area contributed by atoms with Crippen LogP contribution in [0.3, 0.4) is 0 Å². The molecule has 1 atom stereocenters. The summed E-state index contributed by atoms with van der Waals surface area (Å²) in [6.45, 7) is 4.91. The highest BCUT2D eigenvalue weighted by molar-refractivity contribution is 5.81. The van der Waals surface area contributed by atoms with E-state index in [9.17, 15) is 18.0 Å². The van der Waals surface area contributed by atoms with E-state index in [1.165, 1.54) is 12.1 Å². The Balaban J connectivity index is 3.08. The highest BCUT2D eigenvalue weighted by Gasteiger charge is 2.31. The molecule has 106 valence electrons. The highest BCUT2D eigenvalue weighted by atomic mass is 19.4. The summed E-state index contributed by atoms with van der Waals surface area (Å²) in [5.41, 5.74) is 5.08. The molecule has 0 aliphatic rings. The molecule has 3 nitrogen and oxygen atoms in total. The van der Waals surface area contributed by atoms with Crippen molar-refractivity contribution in [1.82, 2.24) is 4.90 Å². The number of nitrogens with two attached hydrogens (primary N) is 1. The van der Waals surface area contributed by atoms with Gasteiger partial charge in [-0.05, 0) is 30.8 Å². The monoisotopic (exact) mass is 274 g/mol. The number of amides is 1. The fourth-order valence-electron chi connectivity index (χ4n) is 2.00. The second-order valence-electron chi connectivity index (χ2n) is 4.15. The molecule has 1 amide bonds. The Kier molecular flexibility index (Phi) is 4.94. The van der Waals surface area contributed by atoms with E-state index < -0.39 is 23.7 Å². The van der Waals surface area contributed by atoms with Gasteiger partial charge in [-0.3, -0.25) is 9.69 Å². The van der Waals surface area contributed by atoms with E-state index in [4.69, 9.17) is 5.73 Å². The molecule has 0 radical (unpaired) electrons. The molecular weight excluding hydrogens is 257 g/mol. The number of benzene rings is 1. The van der Waals surface area contributed by atoms with Crippen molar-refractivity contribution in [1.29, 1.82) is 0 Å². The molecule has 2 N–H and O–H groups in total. The second kappa shape index (κ2) is 6.06. The lowest BCUT2D eigenvalue weighted by molar-refractivity contribution is -0.137. The summed E-state index contributed by atoms with van der Waals surface area (Å²) in [6, 6.07) is 3.84. The van der Waals surface area contributed by atoms with Crippen molar-refractivity contribution < 1.29 is 18.0 Å². The first kappa shape index (κ1) is 15.5. The first-order chi connectivity index (χ1) is 8.81. The molecule has 0 fully saturated rings. The normalized spacial score (nSPS) is 13.6. The van der Waals surface area contributed by atoms with Gasteiger partial charge in [0.15, 0.2) is 0 Å². The van der Waals surface area contributed by atoms with Crippen molar-refractivity contribution in [3.05, 3.63) is 35.4 Å². The predicted octanol–water partition coefficient (Wildman–Crippen LogP) is 2.57. The summed E-state index contributed by atoms with van der Waals surface area (Å²) in [4.78, 5) is 13.3. The van der Waals surface area contributed by atoms with Crippen LogP contribution < -0.4 is 5.73 Å². The zero-order chi connectivity index (χ0) is 14.6. The van der Waals surface area contributed by atoms with Crippen molar-refractivity contribution >= 4 is 5.91 Å². The fraction of sp³-hybridized carbons (Fsp3) is 0.462. The van der Waals surface area contributed by atoms with Gasteiger partial charge in [-0.1, -0.05) is 26.0 Å². The number of carbonyl (C=O) groups excluding carboxylic acids is 1. The first-order valence-corrected chi connectivity index (χ1v) is 6.01. The molecular formula is C13H17F3N2O. The van der Waals surface area contributed by atoms with E-state index in [-0.39, 0.29) is 0 Å². The summed E-state index contributed by atoms with van der Waals surface area (Å²) >= 11 is 0. The lowest BCUT2D eigenvalue weighted by Gasteiger charge is -2.27. The zero-order valence-electron chi connectivity index (χ0n) is 10.9. The Morgan fingerprint density at radius 2 is 1.68 bits per heavy atom. The SMILES string of the molecule is CCN(CC)C(C(N)=O)c1ccc(C(F)(F)F)cc1. The zero-order valence-corrected chi connectivity index (χ0v) is 10.9. The van der Waals surface area contributed by atoms with Gasteiger partial charge in [0, 0.05) is 0 Å². The van der Waals surface area contributed by atoms with Crippen molar-refractivity contribution in [2.75, 3.05) is 13.1 Å². The summed E-state index contributed by atoms with van der Waals surface area (Å²) in [5, 5.41) is 0. The lowest BCUT2D eigenvalue weighted by atomic mass is 10.0. The van der Waals surface area contributed by atoms with Crippen LogP contribution in [0, 0.1) is 0 Å². The molecule has 0 aliphatic heterocycles. The third-order valence-corrected chi connectivity index (χ3v) is 3.00. The van der Waals surface area contributed by atoms with Gasteiger partial charge in [0.05, 0.1) is 5.56 Å². The van der Waals surface area contributed by atoms with Crippen molar-refractivity contribution in [2.45, 2.75) is 26.1 Å². The number of alkyl halides is 3. The van der Waals surface area contributed by atoms with Crippen LogP contribution in [0.25, 0.3) is 0 Å². The molecule has 1 aromatic rings. The van der Waals surface area contributed by atoms with Crippen LogP contribution in [0.2, 0.25) is 0 Å². The molecule has 0 bridgehead atoms. The van der Waals surface area contributed by atoms with E-state index in [1.807, 2.05) is 13.8 Å². The summed E-state index contributed by atoms with van der Waals surface area (Å²) < 4.78 is 37.4. The number of hydrogen-bond acceptors (Lipinski definition) is 2. The standard InChI is InChI=1S/C13H17F3N2O/c1-3-18(4-2)11(12(17)19)9-5-7-10(8-6-9)13(14,15)16/h5-8,11H,3-4H2,1-2H3,(H2,17,19). The van der Waals surface area contributed by atoms with Crippen LogP contribution in [0.4, 0.5) is 13.2 Å². The van der Waals surface area contributed by atoms with Crippen molar-refractivity contribution in [2.24, 2.45) is 5.73 Å². The quantitative estimate of drug-likeness (QED) is 0.897. The summed E-state index contributed by atoms with van der Waals surface area (Å²) in [5.74, 6) is -0.566. The van der Waals surface area contributed by atoms with Crippen LogP contribution >= 0.6 is 0 Å². The fourth-order valence-corrected chi connectivity index (χ4v) is 2.00. The molecule has 0 aliphatic carbocycles. The predicted molar refractivity (Wildman–Crippen MR) is 66.3 cm³/mol. The smallest absolute Gasteiger partial charge is 0.368 e. The van der Waals surface area contributed by atoms with E-state index in [2.05, 4.69) is 0 Å². The molecule has 0 saturated carbocycles. The molecule has 1 rings (SSSR count). The maximum Gasteiger partial charge on any atom is 0.416 e. The first-order valence-electron chi connectivity index (χ1n) is 6.01. The topological polar surface area (TPSA) is 46.3 Å². The van der Waals surface area contributed by atoms with Crippen LogP contribution in [0.15, 0.2) is 24.3 Å². The molecule has 0 heterocycles. The Labute approximate surface area is 110 Å². The number of carbonyl (C=O) groups is 1. The van der Waals surface area contributed by atoms with E-state index >= 15 is 0 Å². The van der Waals surface area contributed by atoms with Crippen LogP contribution in [-0.4, -0.2) is 23.9 Å². The van der Waals surface area contributed by atoms with Crippen molar-refractivity contribution in [3.63, 3.8) is 0 Å². The van der Waals surface area contributed by atoms with Gasteiger partial charge in [-0.2, -0.15) is 13.2 Å². The summed E-state index contributed by atoms with van der Waals surface area (Å²) in [6.07, 6.45) is -4.38. The van der Waals surface area contributed by atoms with E-state index in [0.717, 1.165) is 12.1 Å². The largest absolute Gasteiger partial charge is 0.416 e. The van der Waals surface area contributed by atoms with Crippen molar-refractivity contribution in [3.8, 4) is 0 Å². The number of nitrogens with zero attached hydrogens (tertiary/aromatic N) is 1. The molecule has 0 aromatic heterocycles. The lowest BCUT2D eigenvalue weighted by Crippen LogP contribution is -2.37. The third-order valence-electron chi connectivity index (χ3n) is 3.00. The van der Waals surface area contributed by atoms with Gasteiger partial charge >= 0.3 is 6.18 Å². The maximum absolute atomic E-state index is 12.5. The Hall–Kier alpha value is -1.56. The van der Waals surface area contributed by atoms with Gasteiger partial charge in [0.1, 0.15) is 6.04 Å². The average molecular weight is 274 g/mol.